The number of carbonyl (C=O) groups is 1. The summed E-state index contributed by atoms with van der Waals surface area (Å²) in [6.07, 6.45) is 0. The highest BCUT2D eigenvalue weighted by molar-refractivity contribution is 6.31. The normalized spacial score (nSPS) is 12.4. The molecule has 0 radical (unpaired) electrons. The van der Waals surface area contributed by atoms with Crippen LogP contribution in [0.15, 0.2) is 18.2 Å². The minimum absolute atomic E-state index is 0.0321. The molecule has 0 heterocycles. The molecule has 6 heteroatoms. The summed E-state index contributed by atoms with van der Waals surface area (Å²) in [4.78, 5) is 10.4. The van der Waals surface area contributed by atoms with E-state index >= 15 is 0 Å². The fourth-order valence-corrected chi connectivity index (χ4v) is 1.81. The Morgan fingerprint density at radius 2 is 2.33 bits per heavy atom. The zero-order valence-corrected chi connectivity index (χ0v) is 10.8. The number of amides is 1. The van der Waals surface area contributed by atoms with E-state index in [4.69, 9.17) is 22.1 Å². The third kappa shape index (κ3) is 5.00. The molecule has 4 nitrogen and oxygen atoms in total. The number of ether oxygens (including phenoxy) is 1. The van der Waals surface area contributed by atoms with Gasteiger partial charge in [-0.15, -0.1) is 0 Å². The van der Waals surface area contributed by atoms with E-state index in [-0.39, 0.29) is 18.5 Å². The van der Waals surface area contributed by atoms with Crippen molar-refractivity contribution in [1.82, 2.24) is 5.32 Å². The average Bonchev–Trinajstić information content (AvgIpc) is 2.27. The van der Waals surface area contributed by atoms with Crippen molar-refractivity contribution in [2.45, 2.75) is 13.0 Å². The molecule has 3 N–H and O–H groups in total. The SMILES string of the molecule is CC(NCCOCC(N)=O)c1ccc(F)cc1Cl. The number of hydrogen-bond acceptors (Lipinski definition) is 3. The van der Waals surface area contributed by atoms with Gasteiger partial charge in [0.15, 0.2) is 0 Å². The highest BCUT2D eigenvalue weighted by Gasteiger charge is 2.09. The van der Waals surface area contributed by atoms with Crippen molar-refractivity contribution in [2.24, 2.45) is 5.73 Å². The molecule has 0 aliphatic rings. The Kier molecular flexibility index (Phi) is 6.04. The van der Waals surface area contributed by atoms with Crippen LogP contribution in [-0.2, 0) is 9.53 Å². The van der Waals surface area contributed by atoms with Gasteiger partial charge in [-0.25, -0.2) is 4.39 Å². The first kappa shape index (κ1) is 14.9. The summed E-state index contributed by atoms with van der Waals surface area (Å²) in [6.45, 7) is 2.73. The van der Waals surface area contributed by atoms with Gasteiger partial charge in [0.1, 0.15) is 12.4 Å². The number of nitrogens with two attached hydrogens (primary N) is 1. The van der Waals surface area contributed by atoms with Gasteiger partial charge >= 0.3 is 0 Å². The van der Waals surface area contributed by atoms with Gasteiger partial charge in [0.25, 0.3) is 0 Å². The topological polar surface area (TPSA) is 64.3 Å². The molecule has 0 aromatic heterocycles. The van der Waals surface area contributed by atoms with E-state index in [1.165, 1.54) is 12.1 Å². The van der Waals surface area contributed by atoms with Crippen molar-refractivity contribution in [1.29, 1.82) is 0 Å². The molecule has 1 aromatic carbocycles. The fourth-order valence-electron chi connectivity index (χ4n) is 1.48. The standard InChI is InChI=1S/C12H16ClFN2O2/c1-8(16-4-5-18-7-12(15)17)10-3-2-9(14)6-11(10)13/h2-3,6,8,16H,4-5,7H2,1H3,(H2,15,17). The minimum Gasteiger partial charge on any atom is -0.370 e. The van der Waals surface area contributed by atoms with Crippen molar-refractivity contribution in [3.05, 3.63) is 34.6 Å². The van der Waals surface area contributed by atoms with E-state index in [1.54, 1.807) is 6.07 Å². The van der Waals surface area contributed by atoms with Gasteiger partial charge in [0, 0.05) is 17.6 Å². The summed E-state index contributed by atoms with van der Waals surface area (Å²) in [5.41, 5.74) is 5.74. The van der Waals surface area contributed by atoms with E-state index in [9.17, 15) is 9.18 Å². The number of hydrogen-bond donors (Lipinski definition) is 2. The van der Waals surface area contributed by atoms with Crippen LogP contribution in [0.1, 0.15) is 18.5 Å². The van der Waals surface area contributed by atoms with Crippen LogP contribution in [0, 0.1) is 5.82 Å². The lowest BCUT2D eigenvalue weighted by molar-refractivity contribution is -0.122. The second-order valence-corrected chi connectivity index (χ2v) is 4.27. The van der Waals surface area contributed by atoms with Crippen LogP contribution in [0.25, 0.3) is 0 Å². The lowest BCUT2D eigenvalue weighted by atomic mass is 10.1. The molecule has 0 fully saturated rings. The van der Waals surface area contributed by atoms with Gasteiger partial charge in [0.2, 0.25) is 5.91 Å². The second-order valence-electron chi connectivity index (χ2n) is 3.86. The second kappa shape index (κ2) is 7.31. The average molecular weight is 275 g/mol. The van der Waals surface area contributed by atoms with Crippen LogP contribution >= 0.6 is 11.6 Å². The Labute approximate surface area is 110 Å². The molecule has 1 amide bonds. The first-order valence-corrected chi connectivity index (χ1v) is 5.93. The zero-order valence-electron chi connectivity index (χ0n) is 10.1. The third-order valence-electron chi connectivity index (χ3n) is 2.37. The fraction of sp³-hybridized carbons (Fsp3) is 0.417. The maximum absolute atomic E-state index is 12.9. The van der Waals surface area contributed by atoms with Gasteiger partial charge in [-0.1, -0.05) is 17.7 Å². The number of rotatable bonds is 7. The first-order chi connectivity index (χ1) is 8.50. The van der Waals surface area contributed by atoms with Gasteiger partial charge in [0.05, 0.1) is 6.61 Å². The molecular formula is C12H16ClFN2O2. The highest BCUT2D eigenvalue weighted by atomic mass is 35.5. The van der Waals surface area contributed by atoms with E-state index in [0.29, 0.717) is 18.2 Å². The minimum atomic E-state index is -0.496. The van der Waals surface area contributed by atoms with Gasteiger partial charge in [-0.05, 0) is 24.6 Å². The van der Waals surface area contributed by atoms with Crippen molar-refractivity contribution in [3.63, 3.8) is 0 Å². The predicted molar refractivity (Wildman–Crippen MR) is 67.8 cm³/mol. The first-order valence-electron chi connectivity index (χ1n) is 5.55. The number of nitrogens with one attached hydrogen (secondary N) is 1. The van der Waals surface area contributed by atoms with Gasteiger partial charge < -0.3 is 15.8 Å². The Morgan fingerprint density at radius 3 is 2.94 bits per heavy atom. The molecule has 0 bridgehead atoms. The molecular weight excluding hydrogens is 259 g/mol. The number of primary amides is 1. The van der Waals surface area contributed by atoms with Crippen molar-refractivity contribution >= 4 is 17.5 Å². The number of carbonyl (C=O) groups excluding carboxylic acids is 1. The largest absolute Gasteiger partial charge is 0.370 e. The summed E-state index contributed by atoms with van der Waals surface area (Å²) in [5, 5.41) is 3.53. The molecule has 1 aromatic rings. The van der Waals surface area contributed by atoms with Crippen LogP contribution in [0.3, 0.4) is 0 Å². The monoisotopic (exact) mass is 274 g/mol. The Hall–Kier alpha value is -1.17. The molecule has 0 saturated carbocycles. The molecule has 0 aliphatic carbocycles. The maximum atomic E-state index is 12.9. The van der Waals surface area contributed by atoms with Crippen molar-refractivity contribution in [2.75, 3.05) is 19.8 Å². The lowest BCUT2D eigenvalue weighted by Gasteiger charge is -2.15. The molecule has 0 spiro atoms. The van der Waals surface area contributed by atoms with Crippen molar-refractivity contribution in [3.8, 4) is 0 Å². The van der Waals surface area contributed by atoms with Gasteiger partial charge in [-0.3, -0.25) is 4.79 Å². The van der Waals surface area contributed by atoms with E-state index < -0.39 is 5.91 Å². The molecule has 100 valence electrons. The molecule has 1 rings (SSSR count). The Balaban J connectivity index is 2.36. The summed E-state index contributed by atoms with van der Waals surface area (Å²) in [7, 11) is 0. The number of halogens is 2. The molecule has 0 aliphatic heterocycles. The quantitative estimate of drug-likeness (QED) is 0.743. The van der Waals surface area contributed by atoms with Crippen LogP contribution in [-0.4, -0.2) is 25.7 Å². The Morgan fingerprint density at radius 1 is 1.61 bits per heavy atom. The lowest BCUT2D eigenvalue weighted by Crippen LogP contribution is -2.26. The van der Waals surface area contributed by atoms with E-state index in [1.807, 2.05) is 6.92 Å². The molecule has 18 heavy (non-hydrogen) atoms. The molecule has 1 atom stereocenters. The van der Waals surface area contributed by atoms with Crippen LogP contribution < -0.4 is 11.1 Å². The third-order valence-corrected chi connectivity index (χ3v) is 2.70. The molecule has 1 unspecified atom stereocenters. The maximum Gasteiger partial charge on any atom is 0.243 e. The summed E-state index contributed by atoms with van der Waals surface area (Å²) in [6, 6.07) is 4.25. The predicted octanol–water partition coefficient (Wildman–Crippen LogP) is 1.63. The van der Waals surface area contributed by atoms with Crippen LogP contribution in [0.2, 0.25) is 5.02 Å². The summed E-state index contributed by atoms with van der Waals surface area (Å²) < 4.78 is 17.9. The van der Waals surface area contributed by atoms with E-state index in [2.05, 4.69) is 5.32 Å². The van der Waals surface area contributed by atoms with Crippen molar-refractivity contribution < 1.29 is 13.9 Å². The zero-order chi connectivity index (χ0) is 13.5. The van der Waals surface area contributed by atoms with Crippen LogP contribution in [0.5, 0.6) is 0 Å². The number of benzene rings is 1. The highest BCUT2D eigenvalue weighted by Crippen LogP contribution is 2.23. The summed E-state index contributed by atoms with van der Waals surface area (Å²) >= 11 is 5.93. The van der Waals surface area contributed by atoms with Crippen LogP contribution in [0.4, 0.5) is 4.39 Å². The summed E-state index contributed by atoms with van der Waals surface area (Å²) in [5.74, 6) is -0.856. The van der Waals surface area contributed by atoms with Gasteiger partial charge in [-0.2, -0.15) is 0 Å². The van der Waals surface area contributed by atoms with E-state index in [0.717, 1.165) is 5.56 Å². The molecule has 0 saturated heterocycles. The Bertz CT molecular complexity index is 415. The smallest absolute Gasteiger partial charge is 0.243 e.